The molecule has 2 atom stereocenters. The predicted octanol–water partition coefficient (Wildman–Crippen LogP) is 5.21. The average molecular weight is 556 g/mol. The maximum atomic E-state index is 14.1. The second-order valence-corrected chi connectivity index (χ2v) is 9.92. The van der Waals surface area contributed by atoms with Crippen LogP contribution in [0.15, 0.2) is 17.0 Å². The molecular weight excluding hydrogens is 546 g/mol. The van der Waals surface area contributed by atoms with Crippen LogP contribution in [0.25, 0.3) is 5.69 Å². The Labute approximate surface area is 201 Å². The van der Waals surface area contributed by atoms with Crippen LogP contribution in [0.3, 0.4) is 0 Å². The van der Waals surface area contributed by atoms with Crippen molar-refractivity contribution in [3.05, 3.63) is 33.4 Å². The van der Waals surface area contributed by atoms with Gasteiger partial charge in [0, 0.05) is 7.11 Å². The molecule has 2 unspecified atom stereocenters. The van der Waals surface area contributed by atoms with Crippen molar-refractivity contribution < 1.29 is 31.6 Å². The Morgan fingerprint density at radius 3 is 2.25 bits per heavy atom. The van der Waals surface area contributed by atoms with Crippen LogP contribution in [0.2, 0.25) is 10.0 Å². The maximum absolute atomic E-state index is 14.1. The highest BCUT2D eigenvalue weighted by molar-refractivity contribution is 7.95. The number of aromatic nitrogens is 2. The number of nitrogens with zero attached hydrogens (tertiary/aromatic N) is 3. The highest BCUT2D eigenvalue weighted by Gasteiger charge is 2.46. The molecule has 0 saturated carbocycles. The third-order valence-electron chi connectivity index (χ3n) is 3.86. The summed E-state index contributed by atoms with van der Waals surface area (Å²) in [4.78, 5) is 11.6. The van der Waals surface area contributed by atoms with Gasteiger partial charge in [-0.25, -0.2) is 4.68 Å². The van der Waals surface area contributed by atoms with Gasteiger partial charge in [0.15, 0.2) is 5.82 Å². The molecule has 0 aliphatic carbocycles. The monoisotopic (exact) mass is 554 g/mol. The number of halogens is 8. The van der Waals surface area contributed by atoms with E-state index in [9.17, 15) is 32.2 Å². The largest absolute Gasteiger partial charge is 0.607 e. The first-order valence-corrected chi connectivity index (χ1v) is 10.7. The maximum Gasteiger partial charge on any atom is 0.423 e. The lowest BCUT2D eigenvalue weighted by molar-refractivity contribution is -0.137. The second kappa shape index (κ2) is 9.80. The number of carbonyl (C=O) groups excluding carboxylic acids is 1. The van der Waals surface area contributed by atoms with Gasteiger partial charge in [0.25, 0.3) is 5.91 Å². The van der Waals surface area contributed by atoms with Gasteiger partial charge >= 0.3 is 10.1 Å². The molecule has 0 fully saturated rings. The minimum atomic E-state index is -4.80. The Kier molecular flexibility index (Phi) is 8.21. The zero-order valence-electron chi connectivity index (χ0n) is 15.7. The molecule has 0 aliphatic rings. The van der Waals surface area contributed by atoms with E-state index in [1.54, 1.807) is 0 Å². The molecule has 7 nitrogen and oxygen atoms in total. The molecule has 1 amide bonds. The fourth-order valence-corrected chi connectivity index (χ4v) is 4.21. The number of nitriles is 1. The lowest BCUT2D eigenvalue weighted by Gasteiger charge is -2.18. The molecule has 16 heteroatoms. The molecule has 0 radical (unpaired) electrons. The van der Waals surface area contributed by atoms with E-state index < -0.39 is 71.0 Å². The Morgan fingerprint density at radius 2 is 1.84 bits per heavy atom. The molecule has 0 spiro atoms. The van der Waals surface area contributed by atoms with Crippen LogP contribution in [-0.4, -0.2) is 37.4 Å². The molecule has 2 aromatic rings. The summed E-state index contributed by atoms with van der Waals surface area (Å²) < 4.78 is 67.8. The van der Waals surface area contributed by atoms with Gasteiger partial charge in [0.05, 0.1) is 26.8 Å². The van der Waals surface area contributed by atoms with Crippen molar-refractivity contribution in [2.24, 2.45) is 0 Å². The molecule has 0 aliphatic heterocycles. The summed E-state index contributed by atoms with van der Waals surface area (Å²) in [6.07, 6.45) is -5.90. The van der Waals surface area contributed by atoms with Crippen molar-refractivity contribution in [2.45, 2.75) is 28.0 Å². The first kappa shape index (κ1) is 26.8. The molecule has 0 bridgehead atoms. The van der Waals surface area contributed by atoms with E-state index in [1.807, 2.05) is 0 Å². The Balaban J connectivity index is 2.85. The molecule has 1 aromatic carbocycles. The minimum absolute atomic E-state index is 0.435. The summed E-state index contributed by atoms with van der Waals surface area (Å²) in [6, 6.07) is 2.54. The van der Waals surface area contributed by atoms with Crippen LogP contribution in [0, 0.1) is 11.3 Å². The summed E-state index contributed by atoms with van der Waals surface area (Å²) in [6.45, 7) is 1.32. The van der Waals surface area contributed by atoms with Crippen LogP contribution in [-0.2, 0) is 26.9 Å². The number of amides is 1. The highest BCUT2D eigenvalue weighted by atomic mass is 35.5. The average Bonchev–Trinajstić information content (AvgIpc) is 3.02. The lowest BCUT2D eigenvalue weighted by atomic mass is 10.2. The van der Waals surface area contributed by atoms with Crippen molar-refractivity contribution in [1.82, 2.24) is 9.78 Å². The van der Waals surface area contributed by atoms with Gasteiger partial charge < -0.3 is 14.6 Å². The molecule has 0 saturated heterocycles. The number of alkyl halides is 6. The molecule has 1 heterocycles. The first-order chi connectivity index (χ1) is 14.6. The number of nitrogens with one attached hydrogen (secondary N) is 1. The van der Waals surface area contributed by atoms with Gasteiger partial charge in [0.2, 0.25) is 10.6 Å². The van der Waals surface area contributed by atoms with Crippen LogP contribution in [0.4, 0.5) is 23.4 Å². The molecule has 32 heavy (non-hydrogen) atoms. The van der Waals surface area contributed by atoms with E-state index in [4.69, 9.17) is 51.1 Å². The smallest absolute Gasteiger partial charge is 0.423 e. The van der Waals surface area contributed by atoms with E-state index in [0.29, 0.717) is 16.8 Å². The standard InChI is InChI=1S/C16H10Cl4F4N4O3S/c1-6(31-2)14(29)26-13-12(32(30)16(19,20)24)10(5-25)27-28(13)11-8(17)3-7(4-9(11)18)15(21,22)23/h3-4,6H,1-2H3,(H,26,29). The molecule has 1 aromatic heterocycles. The van der Waals surface area contributed by atoms with Gasteiger partial charge in [-0.15, -0.1) is 5.10 Å². The van der Waals surface area contributed by atoms with Crippen molar-refractivity contribution in [3.63, 3.8) is 0 Å². The van der Waals surface area contributed by atoms with E-state index in [-0.39, 0.29) is 0 Å². The third-order valence-corrected chi connectivity index (χ3v) is 6.46. The van der Waals surface area contributed by atoms with Crippen LogP contribution in [0.1, 0.15) is 18.2 Å². The number of carbonyl (C=O) groups is 1. The van der Waals surface area contributed by atoms with Crippen LogP contribution in [0.5, 0.6) is 0 Å². The number of benzene rings is 1. The number of hydrogen-bond donors (Lipinski definition) is 1. The summed E-state index contributed by atoms with van der Waals surface area (Å²) >= 11 is 19.5. The normalized spacial score (nSPS) is 14.1. The molecule has 174 valence electrons. The summed E-state index contributed by atoms with van der Waals surface area (Å²) in [5.41, 5.74) is -2.36. The zero-order chi connectivity index (χ0) is 24.6. The number of methoxy groups -OCH3 is 1. The van der Waals surface area contributed by atoms with Crippen LogP contribution < -0.4 is 5.32 Å². The fourth-order valence-electron chi connectivity index (χ4n) is 2.30. The Morgan fingerprint density at radius 1 is 1.31 bits per heavy atom. The summed E-state index contributed by atoms with van der Waals surface area (Å²) in [5, 5.41) is 14.1. The van der Waals surface area contributed by atoms with Crippen molar-refractivity contribution in [1.29, 1.82) is 5.26 Å². The van der Waals surface area contributed by atoms with Gasteiger partial charge in [-0.3, -0.25) is 4.79 Å². The number of ether oxygens (including phenoxy) is 1. The van der Waals surface area contributed by atoms with Crippen LogP contribution >= 0.6 is 46.4 Å². The fraction of sp³-hybridized carbons (Fsp3) is 0.312. The first-order valence-electron chi connectivity index (χ1n) is 8.05. The quantitative estimate of drug-likeness (QED) is 0.299. The van der Waals surface area contributed by atoms with E-state index in [1.165, 1.54) is 20.1 Å². The molecule has 2 rings (SSSR count). The molecular formula is C16H10Cl4F4N4O3S. The van der Waals surface area contributed by atoms with Gasteiger partial charge in [-0.2, -0.15) is 22.8 Å². The minimum Gasteiger partial charge on any atom is -0.607 e. The molecule has 1 N–H and O–H groups in total. The van der Waals surface area contributed by atoms with E-state index in [0.717, 1.165) is 0 Å². The number of hydrogen-bond acceptors (Lipinski definition) is 5. The third kappa shape index (κ3) is 5.53. The lowest BCUT2D eigenvalue weighted by Crippen LogP contribution is -2.29. The van der Waals surface area contributed by atoms with Crippen molar-refractivity contribution in [2.75, 3.05) is 12.4 Å². The summed E-state index contributed by atoms with van der Waals surface area (Å²) in [5.74, 6) is -1.51. The van der Waals surface area contributed by atoms with Gasteiger partial charge in [-0.1, -0.05) is 23.2 Å². The SMILES string of the molecule is COC(C)C(=O)Nc1c([S+]([O-])C(F)(Cl)Cl)c(C#N)nn1-c1c(Cl)cc(C(F)(F)F)cc1Cl. The van der Waals surface area contributed by atoms with E-state index in [2.05, 4.69) is 10.4 Å². The Bertz CT molecular complexity index is 1060. The summed E-state index contributed by atoms with van der Waals surface area (Å²) in [7, 11) is 1.19. The van der Waals surface area contributed by atoms with E-state index >= 15 is 0 Å². The Hall–Kier alpha value is -1.46. The zero-order valence-corrected chi connectivity index (χ0v) is 19.6. The van der Waals surface area contributed by atoms with Crippen molar-refractivity contribution in [3.8, 4) is 11.8 Å². The van der Waals surface area contributed by atoms with Crippen molar-refractivity contribution >= 4 is 69.3 Å². The second-order valence-electron chi connectivity index (χ2n) is 5.92. The predicted molar refractivity (Wildman–Crippen MR) is 110 cm³/mol. The van der Waals surface area contributed by atoms with Gasteiger partial charge in [0.1, 0.15) is 17.9 Å². The van der Waals surface area contributed by atoms with Gasteiger partial charge in [-0.05, 0) is 42.3 Å². The topological polar surface area (TPSA) is 103 Å². The number of rotatable bonds is 6. The highest BCUT2D eigenvalue weighted by Crippen LogP contribution is 2.43. The number of anilines is 1.